The van der Waals surface area contributed by atoms with Gasteiger partial charge in [0, 0.05) is 19.3 Å². The number of thiazole rings is 1. The molecule has 134 valence electrons. The predicted octanol–water partition coefficient (Wildman–Crippen LogP) is 3.61. The van der Waals surface area contributed by atoms with Gasteiger partial charge in [0.2, 0.25) is 0 Å². The van der Waals surface area contributed by atoms with Gasteiger partial charge in [-0.05, 0) is 36.8 Å². The molecule has 2 N–H and O–H groups in total. The van der Waals surface area contributed by atoms with Gasteiger partial charge in [0.15, 0.2) is 5.13 Å². The highest BCUT2D eigenvalue weighted by Gasteiger charge is 2.12. The number of rotatable bonds is 6. The minimum Gasteiger partial charge on any atom is -0.507 e. The number of phenolic OH excluding ortho intramolecular Hbond substituents is 1. The molecule has 0 radical (unpaired) electrons. The molecule has 7 heteroatoms. The van der Waals surface area contributed by atoms with Gasteiger partial charge < -0.3 is 10.0 Å². The molecule has 26 heavy (non-hydrogen) atoms. The molecule has 6 nitrogen and oxygen atoms in total. The van der Waals surface area contributed by atoms with Crippen LogP contribution in [0.5, 0.6) is 5.75 Å². The summed E-state index contributed by atoms with van der Waals surface area (Å²) in [4.78, 5) is 19.7. The highest BCUT2D eigenvalue weighted by atomic mass is 32.1. The fourth-order valence-electron chi connectivity index (χ4n) is 2.60. The molecule has 2 aromatic carbocycles. The Balaban J connectivity index is 1.71. The molecule has 0 unspecified atom stereocenters. The molecule has 0 saturated carbocycles. The van der Waals surface area contributed by atoms with Crippen molar-refractivity contribution in [3.8, 4) is 5.75 Å². The SMILES string of the molecule is CCN(CC)c1ncc(/C=N/NC(=O)c2cc3ccccc3cc2O)s1. The molecule has 0 aliphatic heterocycles. The number of nitrogens with one attached hydrogen (secondary N) is 1. The molecule has 0 bridgehead atoms. The molecule has 0 atom stereocenters. The normalized spacial score (nSPS) is 11.2. The molecule has 0 saturated heterocycles. The van der Waals surface area contributed by atoms with Crippen LogP contribution >= 0.6 is 11.3 Å². The first kappa shape index (κ1) is 17.9. The van der Waals surface area contributed by atoms with Crippen LogP contribution in [0.4, 0.5) is 5.13 Å². The first-order valence-corrected chi connectivity index (χ1v) is 9.20. The Labute approximate surface area is 155 Å². The number of nitrogens with zero attached hydrogens (tertiary/aromatic N) is 3. The van der Waals surface area contributed by atoms with E-state index in [0.717, 1.165) is 33.9 Å². The number of fused-ring (bicyclic) bond motifs is 1. The van der Waals surface area contributed by atoms with E-state index >= 15 is 0 Å². The summed E-state index contributed by atoms with van der Waals surface area (Å²) in [6, 6.07) is 10.8. The van der Waals surface area contributed by atoms with Crippen LogP contribution in [0.2, 0.25) is 0 Å². The van der Waals surface area contributed by atoms with Crippen molar-refractivity contribution in [2.45, 2.75) is 13.8 Å². The van der Waals surface area contributed by atoms with Gasteiger partial charge in [-0.1, -0.05) is 35.6 Å². The number of aromatic nitrogens is 1. The van der Waals surface area contributed by atoms with Crippen molar-refractivity contribution in [1.82, 2.24) is 10.4 Å². The van der Waals surface area contributed by atoms with Crippen LogP contribution in [-0.2, 0) is 0 Å². The van der Waals surface area contributed by atoms with Gasteiger partial charge in [-0.3, -0.25) is 4.79 Å². The number of phenols is 1. The third-order valence-corrected chi connectivity index (χ3v) is 5.00. The van der Waals surface area contributed by atoms with E-state index in [-0.39, 0.29) is 11.3 Å². The monoisotopic (exact) mass is 368 g/mol. The second-order valence-corrected chi connectivity index (χ2v) is 6.67. The number of hydrogen-bond donors (Lipinski definition) is 2. The minimum absolute atomic E-state index is 0.0713. The maximum atomic E-state index is 12.3. The van der Waals surface area contributed by atoms with Gasteiger partial charge in [-0.2, -0.15) is 5.10 Å². The van der Waals surface area contributed by atoms with Gasteiger partial charge in [-0.25, -0.2) is 10.4 Å². The summed E-state index contributed by atoms with van der Waals surface area (Å²) in [7, 11) is 0. The lowest BCUT2D eigenvalue weighted by Crippen LogP contribution is -2.21. The number of aromatic hydroxyl groups is 1. The van der Waals surface area contributed by atoms with E-state index in [0.29, 0.717) is 0 Å². The van der Waals surface area contributed by atoms with Crippen molar-refractivity contribution < 1.29 is 9.90 Å². The average molecular weight is 368 g/mol. The Hall–Kier alpha value is -2.93. The smallest absolute Gasteiger partial charge is 0.275 e. The molecule has 3 rings (SSSR count). The van der Waals surface area contributed by atoms with Gasteiger partial charge in [0.25, 0.3) is 5.91 Å². The first-order valence-electron chi connectivity index (χ1n) is 8.38. The lowest BCUT2D eigenvalue weighted by atomic mass is 10.1. The van der Waals surface area contributed by atoms with Crippen LogP contribution < -0.4 is 10.3 Å². The molecule has 0 aliphatic carbocycles. The van der Waals surface area contributed by atoms with E-state index < -0.39 is 5.91 Å². The van der Waals surface area contributed by atoms with Crippen LogP contribution in [0.25, 0.3) is 10.8 Å². The zero-order valence-corrected chi connectivity index (χ0v) is 15.5. The molecule has 0 fully saturated rings. The quantitative estimate of drug-likeness (QED) is 0.515. The Bertz CT molecular complexity index is 948. The molecule has 0 aliphatic rings. The Morgan fingerprint density at radius 1 is 1.27 bits per heavy atom. The second kappa shape index (κ2) is 7.97. The fraction of sp³-hybridized carbons (Fsp3) is 0.211. The van der Waals surface area contributed by atoms with Gasteiger partial charge in [0.05, 0.1) is 16.7 Å². The van der Waals surface area contributed by atoms with Gasteiger partial charge in [0.1, 0.15) is 5.75 Å². The van der Waals surface area contributed by atoms with Crippen molar-refractivity contribution in [2.24, 2.45) is 5.10 Å². The maximum absolute atomic E-state index is 12.3. The Kier molecular flexibility index (Phi) is 5.48. The zero-order chi connectivity index (χ0) is 18.5. The molecule has 1 aromatic heterocycles. The lowest BCUT2D eigenvalue weighted by molar-refractivity contribution is 0.0952. The third kappa shape index (κ3) is 3.83. The van der Waals surface area contributed by atoms with E-state index in [2.05, 4.69) is 34.3 Å². The average Bonchev–Trinajstić information content (AvgIpc) is 3.10. The van der Waals surface area contributed by atoms with E-state index in [1.807, 2.05) is 24.3 Å². The summed E-state index contributed by atoms with van der Waals surface area (Å²) in [5.74, 6) is -0.531. The number of benzene rings is 2. The van der Waals surface area contributed by atoms with Crippen molar-refractivity contribution in [3.63, 3.8) is 0 Å². The van der Waals surface area contributed by atoms with E-state index in [1.54, 1.807) is 24.5 Å². The van der Waals surface area contributed by atoms with Gasteiger partial charge >= 0.3 is 0 Å². The number of hydrazone groups is 1. The van der Waals surface area contributed by atoms with Crippen LogP contribution in [0, 0.1) is 0 Å². The zero-order valence-electron chi connectivity index (χ0n) is 14.6. The molecular formula is C19H20N4O2S. The third-order valence-electron chi connectivity index (χ3n) is 4.01. The highest BCUT2D eigenvalue weighted by Crippen LogP contribution is 2.25. The summed E-state index contributed by atoms with van der Waals surface area (Å²) in [6.45, 7) is 5.93. The Morgan fingerprint density at radius 3 is 2.65 bits per heavy atom. The summed E-state index contributed by atoms with van der Waals surface area (Å²) in [5, 5.41) is 16.7. The summed E-state index contributed by atoms with van der Waals surface area (Å²) in [6.07, 6.45) is 3.28. The minimum atomic E-state index is -0.460. The van der Waals surface area contributed by atoms with Crippen LogP contribution in [-0.4, -0.2) is 35.3 Å². The number of anilines is 1. The summed E-state index contributed by atoms with van der Waals surface area (Å²) >= 11 is 1.51. The number of carbonyl (C=O) groups is 1. The van der Waals surface area contributed by atoms with Gasteiger partial charge in [-0.15, -0.1) is 0 Å². The summed E-state index contributed by atoms with van der Waals surface area (Å²) in [5.41, 5.74) is 2.64. The molecule has 1 heterocycles. The predicted molar refractivity (Wildman–Crippen MR) is 106 cm³/mol. The second-order valence-electron chi connectivity index (χ2n) is 5.63. The van der Waals surface area contributed by atoms with Crippen LogP contribution in [0.3, 0.4) is 0 Å². The standard InChI is InChI=1S/C19H20N4O2S/c1-3-23(4-2)19-20-11-15(26-19)12-21-22-18(25)16-9-13-7-5-6-8-14(13)10-17(16)24/h5-12,24H,3-4H2,1-2H3,(H,22,25)/b21-12+. The van der Waals surface area contributed by atoms with E-state index in [9.17, 15) is 9.90 Å². The van der Waals surface area contributed by atoms with E-state index in [1.165, 1.54) is 11.3 Å². The number of carbonyl (C=O) groups excluding carboxylic acids is 1. The highest BCUT2D eigenvalue weighted by molar-refractivity contribution is 7.17. The van der Waals surface area contributed by atoms with Crippen LogP contribution in [0.1, 0.15) is 29.1 Å². The molecular weight excluding hydrogens is 348 g/mol. The van der Waals surface area contributed by atoms with Crippen LogP contribution in [0.15, 0.2) is 47.7 Å². The first-order chi connectivity index (χ1) is 12.6. The largest absolute Gasteiger partial charge is 0.507 e. The number of amides is 1. The van der Waals surface area contributed by atoms with Crippen molar-refractivity contribution >= 4 is 39.4 Å². The van der Waals surface area contributed by atoms with Crippen molar-refractivity contribution in [2.75, 3.05) is 18.0 Å². The lowest BCUT2D eigenvalue weighted by Gasteiger charge is -2.16. The maximum Gasteiger partial charge on any atom is 0.275 e. The molecule has 3 aromatic rings. The fourth-order valence-corrected chi connectivity index (χ4v) is 3.52. The van der Waals surface area contributed by atoms with Crippen molar-refractivity contribution in [3.05, 3.63) is 53.0 Å². The Morgan fingerprint density at radius 2 is 1.96 bits per heavy atom. The topological polar surface area (TPSA) is 77.8 Å². The molecule has 0 spiro atoms. The molecule has 1 amide bonds. The van der Waals surface area contributed by atoms with E-state index in [4.69, 9.17) is 0 Å². The van der Waals surface area contributed by atoms with Crippen molar-refractivity contribution in [1.29, 1.82) is 0 Å². The number of hydrogen-bond acceptors (Lipinski definition) is 6. The summed E-state index contributed by atoms with van der Waals surface area (Å²) < 4.78 is 0.